The topological polar surface area (TPSA) is 75.9 Å². The largest absolute Gasteiger partial charge is 0.383 e. The fraction of sp³-hybridized carbons (Fsp3) is 0.267. The van der Waals surface area contributed by atoms with Gasteiger partial charge >= 0.3 is 0 Å². The second-order valence-corrected chi connectivity index (χ2v) is 5.51. The maximum Gasteiger partial charge on any atom is 0.186 e. The number of anilines is 1. The number of fused-ring (bicyclic) bond motifs is 1. The van der Waals surface area contributed by atoms with Gasteiger partial charge in [0.05, 0.1) is 5.39 Å². The zero-order valence-electron chi connectivity index (χ0n) is 12.6. The second-order valence-electron chi connectivity index (χ2n) is 5.51. The molecule has 0 aliphatic heterocycles. The summed E-state index contributed by atoms with van der Waals surface area (Å²) in [7, 11) is 1.76. The Balaban J connectivity index is 1.86. The Morgan fingerprint density at radius 2 is 2.09 bits per heavy atom. The molecule has 2 N–H and O–H groups in total. The van der Waals surface area contributed by atoms with E-state index in [1.54, 1.807) is 17.9 Å². The van der Waals surface area contributed by atoms with Crippen molar-refractivity contribution in [3.05, 3.63) is 47.9 Å². The Morgan fingerprint density at radius 1 is 1.30 bits per heavy atom. The molecule has 2 heterocycles. The number of aromatic nitrogens is 4. The molecule has 8 heteroatoms. The van der Waals surface area contributed by atoms with E-state index in [4.69, 9.17) is 0 Å². The van der Waals surface area contributed by atoms with E-state index >= 15 is 0 Å². The summed E-state index contributed by atoms with van der Waals surface area (Å²) in [5.41, 5.74) is -1.03. The lowest BCUT2D eigenvalue weighted by molar-refractivity contribution is 0.0674. The Labute approximate surface area is 130 Å². The number of benzene rings is 1. The van der Waals surface area contributed by atoms with Crippen LogP contribution in [0.2, 0.25) is 0 Å². The van der Waals surface area contributed by atoms with Crippen LogP contribution in [0.25, 0.3) is 11.0 Å². The van der Waals surface area contributed by atoms with Gasteiger partial charge in [0, 0.05) is 31.4 Å². The first kappa shape index (κ1) is 15.3. The lowest BCUT2D eigenvalue weighted by Crippen LogP contribution is -2.32. The summed E-state index contributed by atoms with van der Waals surface area (Å²) in [4.78, 5) is 8.15. The molecule has 0 bridgehead atoms. The summed E-state index contributed by atoms with van der Waals surface area (Å²) in [5.74, 6) is -1.01. The highest BCUT2D eigenvalue weighted by Crippen LogP contribution is 2.26. The number of hydrogen-bond donors (Lipinski definition) is 2. The molecule has 0 radical (unpaired) electrons. The number of rotatable bonds is 4. The van der Waals surface area contributed by atoms with Crippen molar-refractivity contribution in [2.75, 3.05) is 11.9 Å². The molecule has 0 saturated heterocycles. The normalized spacial score (nSPS) is 14.0. The number of aliphatic hydroxyl groups is 1. The number of nitrogens with zero attached hydrogens (tertiary/aromatic N) is 4. The Bertz CT molecular complexity index is 862. The van der Waals surface area contributed by atoms with Crippen LogP contribution in [0.5, 0.6) is 0 Å². The van der Waals surface area contributed by atoms with Gasteiger partial charge in [0.1, 0.15) is 29.4 Å². The Morgan fingerprint density at radius 3 is 2.83 bits per heavy atom. The molecule has 1 aromatic carbocycles. The third-order valence-corrected chi connectivity index (χ3v) is 3.54. The van der Waals surface area contributed by atoms with Crippen molar-refractivity contribution in [1.29, 1.82) is 0 Å². The van der Waals surface area contributed by atoms with Crippen LogP contribution in [-0.2, 0) is 12.6 Å². The van der Waals surface area contributed by atoms with Crippen LogP contribution in [-0.4, -0.2) is 31.4 Å². The van der Waals surface area contributed by atoms with Gasteiger partial charge in [0.15, 0.2) is 5.65 Å². The van der Waals surface area contributed by atoms with Gasteiger partial charge in [-0.15, -0.1) is 0 Å². The molecule has 6 nitrogen and oxygen atoms in total. The molecule has 1 unspecified atom stereocenters. The van der Waals surface area contributed by atoms with Crippen molar-refractivity contribution in [2.24, 2.45) is 7.05 Å². The van der Waals surface area contributed by atoms with Crippen molar-refractivity contribution in [2.45, 2.75) is 12.5 Å². The lowest BCUT2D eigenvalue weighted by Gasteiger charge is -2.25. The molecule has 120 valence electrons. The first-order valence-corrected chi connectivity index (χ1v) is 6.93. The lowest BCUT2D eigenvalue weighted by atomic mass is 9.95. The summed E-state index contributed by atoms with van der Waals surface area (Å²) < 4.78 is 28.5. The van der Waals surface area contributed by atoms with Crippen LogP contribution in [0.3, 0.4) is 0 Å². The molecule has 0 spiro atoms. The highest BCUT2D eigenvalue weighted by molar-refractivity contribution is 5.85. The monoisotopic (exact) mass is 319 g/mol. The zero-order valence-corrected chi connectivity index (χ0v) is 12.6. The summed E-state index contributed by atoms with van der Waals surface area (Å²) in [6.07, 6.45) is 3.09. The van der Waals surface area contributed by atoms with E-state index in [-0.39, 0.29) is 12.1 Å². The molecule has 3 aromatic rings. The molecular weight excluding hydrogens is 304 g/mol. The number of aryl methyl sites for hydroxylation is 1. The van der Waals surface area contributed by atoms with Gasteiger partial charge < -0.3 is 10.4 Å². The average Bonchev–Trinajstić information content (AvgIpc) is 2.85. The second kappa shape index (κ2) is 5.54. The van der Waals surface area contributed by atoms with E-state index in [0.29, 0.717) is 16.9 Å². The fourth-order valence-electron chi connectivity index (χ4n) is 2.37. The van der Waals surface area contributed by atoms with Crippen LogP contribution in [0.4, 0.5) is 14.6 Å². The molecule has 0 aliphatic rings. The standard InChI is InChI=1S/C15H15F2N5O/c1-15(23,11-4-3-9(16)5-12(11)17)7-18-13-10-6-22(2)21-14(10)20-8-19-13/h3-6,8,23H,7H2,1-2H3,(H,18,19,20,21). The highest BCUT2D eigenvalue weighted by atomic mass is 19.1. The molecule has 0 aliphatic carbocycles. The van der Waals surface area contributed by atoms with E-state index in [9.17, 15) is 13.9 Å². The summed E-state index contributed by atoms with van der Waals surface area (Å²) in [5, 5.41) is 18.3. The molecule has 1 atom stereocenters. The van der Waals surface area contributed by atoms with Crippen molar-refractivity contribution >= 4 is 16.9 Å². The van der Waals surface area contributed by atoms with E-state index in [0.717, 1.165) is 12.1 Å². The minimum atomic E-state index is -1.54. The summed E-state index contributed by atoms with van der Waals surface area (Å²) in [6.45, 7) is 1.43. The summed E-state index contributed by atoms with van der Waals surface area (Å²) in [6, 6.07) is 3.08. The first-order chi connectivity index (χ1) is 10.9. The van der Waals surface area contributed by atoms with E-state index in [2.05, 4.69) is 20.4 Å². The van der Waals surface area contributed by atoms with Crippen LogP contribution in [0.15, 0.2) is 30.7 Å². The van der Waals surface area contributed by atoms with Crippen molar-refractivity contribution in [3.63, 3.8) is 0 Å². The van der Waals surface area contributed by atoms with Crippen LogP contribution < -0.4 is 5.32 Å². The first-order valence-electron chi connectivity index (χ1n) is 6.93. The molecule has 0 fully saturated rings. The van der Waals surface area contributed by atoms with E-state index in [1.807, 2.05) is 0 Å². The Hall–Kier alpha value is -2.61. The van der Waals surface area contributed by atoms with Crippen LogP contribution in [0, 0.1) is 11.6 Å². The van der Waals surface area contributed by atoms with Gasteiger partial charge in [-0.25, -0.2) is 18.7 Å². The van der Waals surface area contributed by atoms with E-state index < -0.39 is 17.2 Å². The molecule has 3 rings (SSSR count). The minimum Gasteiger partial charge on any atom is -0.383 e. The van der Waals surface area contributed by atoms with Gasteiger partial charge in [-0.3, -0.25) is 4.68 Å². The SMILES string of the molecule is Cn1cc2c(NCC(C)(O)c3ccc(F)cc3F)ncnc2n1. The highest BCUT2D eigenvalue weighted by Gasteiger charge is 2.27. The van der Waals surface area contributed by atoms with Gasteiger partial charge in [0.2, 0.25) is 0 Å². The van der Waals surface area contributed by atoms with Crippen LogP contribution in [0.1, 0.15) is 12.5 Å². The van der Waals surface area contributed by atoms with Gasteiger partial charge in [-0.2, -0.15) is 5.10 Å². The number of nitrogens with one attached hydrogen (secondary N) is 1. The number of halogens is 2. The predicted molar refractivity (Wildman–Crippen MR) is 80.7 cm³/mol. The molecule has 0 saturated carbocycles. The minimum absolute atomic E-state index is 0.00267. The molecule has 2 aromatic heterocycles. The van der Waals surface area contributed by atoms with Crippen molar-refractivity contribution in [3.8, 4) is 0 Å². The zero-order chi connectivity index (χ0) is 16.6. The quantitative estimate of drug-likeness (QED) is 0.769. The Kier molecular flexibility index (Phi) is 3.69. The molecule has 23 heavy (non-hydrogen) atoms. The van der Waals surface area contributed by atoms with Crippen LogP contribution >= 0.6 is 0 Å². The number of hydrogen-bond acceptors (Lipinski definition) is 5. The predicted octanol–water partition coefficient (Wildman–Crippen LogP) is 1.96. The molecule has 0 amide bonds. The smallest absolute Gasteiger partial charge is 0.186 e. The van der Waals surface area contributed by atoms with E-state index in [1.165, 1.54) is 19.3 Å². The molecular formula is C15H15F2N5O. The maximum atomic E-state index is 13.9. The van der Waals surface area contributed by atoms with Gasteiger partial charge in [0.25, 0.3) is 0 Å². The maximum absolute atomic E-state index is 13.9. The third-order valence-electron chi connectivity index (χ3n) is 3.54. The van der Waals surface area contributed by atoms with Gasteiger partial charge in [-0.05, 0) is 13.0 Å². The van der Waals surface area contributed by atoms with Crippen molar-refractivity contribution < 1.29 is 13.9 Å². The third kappa shape index (κ3) is 2.98. The van der Waals surface area contributed by atoms with Gasteiger partial charge in [-0.1, -0.05) is 6.07 Å². The van der Waals surface area contributed by atoms with Crippen molar-refractivity contribution in [1.82, 2.24) is 19.7 Å². The fourth-order valence-corrected chi connectivity index (χ4v) is 2.37. The summed E-state index contributed by atoms with van der Waals surface area (Å²) >= 11 is 0. The average molecular weight is 319 g/mol.